The van der Waals surface area contributed by atoms with Crippen molar-refractivity contribution >= 4 is 17.4 Å². The average Bonchev–Trinajstić information content (AvgIpc) is 3.09. The van der Waals surface area contributed by atoms with E-state index in [1.54, 1.807) is 18.3 Å². The Hall–Kier alpha value is -3.69. The Balaban J connectivity index is 1.59. The van der Waals surface area contributed by atoms with E-state index in [4.69, 9.17) is 10.00 Å². The maximum absolute atomic E-state index is 13.1. The minimum absolute atomic E-state index is 0.195. The third-order valence-electron chi connectivity index (χ3n) is 5.37. The first-order valence-electron chi connectivity index (χ1n) is 10.4. The van der Waals surface area contributed by atoms with Crippen LogP contribution in [-0.4, -0.2) is 30.8 Å². The van der Waals surface area contributed by atoms with Crippen molar-refractivity contribution in [2.24, 2.45) is 0 Å². The van der Waals surface area contributed by atoms with E-state index in [1.807, 2.05) is 49.4 Å². The summed E-state index contributed by atoms with van der Waals surface area (Å²) in [5.41, 5.74) is 4.83. The molecule has 0 bridgehead atoms. The first-order valence-corrected chi connectivity index (χ1v) is 10.4. The number of ether oxygens (including phenoxy) is 1. The van der Waals surface area contributed by atoms with Crippen LogP contribution in [0.1, 0.15) is 34.3 Å². The van der Waals surface area contributed by atoms with Gasteiger partial charge in [0.05, 0.1) is 17.3 Å². The molecule has 6 nitrogen and oxygen atoms in total. The lowest BCUT2D eigenvalue weighted by Gasteiger charge is -2.23. The normalized spacial score (nSPS) is 13.9. The van der Waals surface area contributed by atoms with Crippen molar-refractivity contribution in [3.8, 4) is 17.2 Å². The fourth-order valence-electron chi connectivity index (χ4n) is 3.65. The Kier molecular flexibility index (Phi) is 6.25. The molecule has 31 heavy (non-hydrogen) atoms. The standard InChI is InChI=1S/C25H24N4O2/c1-18-6-9-21(15-22(18)20-10-7-19(16-26)8-11-20)25(30)28-23-5-4-12-27-24(23)29-13-2-3-14-31-17-29/h4-12,15H,2-3,13-14,17H2,1H3,(H,28,30). The molecule has 1 aliphatic rings. The minimum Gasteiger partial charge on any atom is -0.361 e. The van der Waals surface area contributed by atoms with Gasteiger partial charge in [-0.2, -0.15) is 5.26 Å². The van der Waals surface area contributed by atoms with Crippen LogP contribution < -0.4 is 10.2 Å². The molecule has 1 aliphatic heterocycles. The molecule has 0 atom stereocenters. The van der Waals surface area contributed by atoms with Crippen molar-refractivity contribution in [1.29, 1.82) is 5.26 Å². The highest BCUT2D eigenvalue weighted by atomic mass is 16.5. The predicted octanol–water partition coefficient (Wildman–Crippen LogP) is 4.76. The number of pyridine rings is 1. The predicted molar refractivity (Wildman–Crippen MR) is 121 cm³/mol. The van der Waals surface area contributed by atoms with E-state index >= 15 is 0 Å². The van der Waals surface area contributed by atoms with Crippen molar-refractivity contribution < 1.29 is 9.53 Å². The van der Waals surface area contributed by atoms with Crippen LogP contribution in [-0.2, 0) is 4.74 Å². The van der Waals surface area contributed by atoms with E-state index in [1.165, 1.54) is 0 Å². The van der Waals surface area contributed by atoms with Crippen LogP contribution in [0.2, 0.25) is 0 Å². The number of hydrogen-bond donors (Lipinski definition) is 1. The van der Waals surface area contributed by atoms with Crippen LogP contribution >= 0.6 is 0 Å². The summed E-state index contributed by atoms with van der Waals surface area (Å²) in [6.07, 6.45) is 3.77. The summed E-state index contributed by atoms with van der Waals surface area (Å²) in [7, 11) is 0. The summed E-state index contributed by atoms with van der Waals surface area (Å²) < 4.78 is 5.65. The number of aromatic nitrogens is 1. The summed E-state index contributed by atoms with van der Waals surface area (Å²) in [6, 6.07) is 18.8. The fraction of sp³-hybridized carbons (Fsp3) is 0.240. The summed E-state index contributed by atoms with van der Waals surface area (Å²) >= 11 is 0. The summed E-state index contributed by atoms with van der Waals surface area (Å²) in [5.74, 6) is 0.525. The van der Waals surface area contributed by atoms with Crippen LogP contribution in [0.3, 0.4) is 0 Å². The second-order valence-corrected chi connectivity index (χ2v) is 7.56. The molecule has 2 heterocycles. The first kappa shape index (κ1) is 20.6. The highest BCUT2D eigenvalue weighted by Gasteiger charge is 2.17. The zero-order valence-electron chi connectivity index (χ0n) is 17.5. The van der Waals surface area contributed by atoms with Gasteiger partial charge in [-0.1, -0.05) is 18.2 Å². The van der Waals surface area contributed by atoms with Gasteiger partial charge in [0.2, 0.25) is 0 Å². The van der Waals surface area contributed by atoms with Crippen LogP contribution in [0.4, 0.5) is 11.5 Å². The number of amides is 1. The minimum atomic E-state index is -0.195. The Labute approximate surface area is 182 Å². The molecule has 1 aromatic heterocycles. The molecule has 1 N–H and O–H groups in total. The molecule has 0 spiro atoms. The smallest absolute Gasteiger partial charge is 0.255 e. The molecular weight excluding hydrogens is 388 g/mol. The molecule has 1 saturated heterocycles. The molecule has 0 radical (unpaired) electrons. The van der Waals surface area contributed by atoms with Crippen LogP contribution in [0.25, 0.3) is 11.1 Å². The Morgan fingerprint density at radius 3 is 2.81 bits per heavy atom. The third-order valence-corrected chi connectivity index (χ3v) is 5.37. The van der Waals surface area contributed by atoms with Crippen molar-refractivity contribution in [1.82, 2.24) is 4.98 Å². The van der Waals surface area contributed by atoms with E-state index in [-0.39, 0.29) is 5.91 Å². The van der Waals surface area contributed by atoms with E-state index in [9.17, 15) is 4.79 Å². The lowest BCUT2D eigenvalue weighted by molar-refractivity contribution is 0.102. The Morgan fingerprint density at radius 2 is 2.00 bits per heavy atom. The lowest BCUT2D eigenvalue weighted by atomic mass is 9.97. The number of rotatable bonds is 4. The van der Waals surface area contributed by atoms with Gasteiger partial charge in [0.1, 0.15) is 6.73 Å². The van der Waals surface area contributed by atoms with Gasteiger partial charge in [-0.05, 0) is 72.9 Å². The van der Waals surface area contributed by atoms with Gasteiger partial charge < -0.3 is 15.0 Å². The van der Waals surface area contributed by atoms with E-state index in [0.29, 0.717) is 23.5 Å². The molecular formula is C25H24N4O2. The van der Waals surface area contributed by atoms with Gasteiger partial charge in [0.25, 0.3) is 5.91 Å². The fourth-order valence-corrected chi connectivity index (χ4v) is 3.65. The number of carbonyl (C=O) groups excluding carboxylic acids is 1. The number of anilines is 2. The first-order chi connectivity index (χ1) is 15.2. The van der Waals surface area contributed by atoms with Crippen LogP contribution in [0.5, 0.6) is 0 Å². The van der Waals surface area contributed by atoms with Crippen molar-refractivity contribution in [2.75, 3.05) is 30.1 Å². The average molecular weight is 412 g/mol. The maximum atomic E-state index is 13.1. The van der Waals surface area contributed by atoms with E-state index < -0.39 is 0 Å². The highest BCUT2D eigenvalue weighted by Crippen LogP contribution is 2.27. The maximum Gasteiger partial charge on any atom is 0.255 e. The summed E-state index contributed by atoms with van der Waals surface area (Å²) in [5, 5.41) is 12.0. The molecule has 1 amide bonds. The zero-order valence-corrected chi connectivity index (χ0v) is 17.5. The number of aryl methyl sites for hydroxylation is 1. The monoisotopic (exact) mass is 412 g/mol. The molecule has 2 aromatic carbocycles. The summed E-state index contributed by atoms with van der Waals surface area (Å²) in [6.45, 7) is 4.06. The van der Waals surface area contributed by atoms with Gasteiger partial charge in [0, 0.05) is 24.9 Å². The molecule has 0 saturated carbocycles. The number of nitrogens with one attached hydrogen (secondary N) is 1. The lowest BCUT2D eigenvalue weighted by Crippen LogP contribution is -2.27. The van der Waals surface area contributed by atoms with Crippen molar-refractivity contribution in [3.63, 3.8) is 0 Å². The van der Waals surface area contributed by atoms with E-state index in [0.717, 1.165) is 48.5 Å². The molecule has 156 valence electrons. The summed E-state index contributed by atoms with van der Waals surface area (Å²) in [4.78, 5) is 19.6. The molecule has 4 rings (SSSR count). The second-order valence-electron chi connectivity index (χ2n) is 7.56. The largest absolute Gasteiger partial charge is 0.361 e. The molecule has 6 heteroatoms. The molecule has 1 fully saturated rings. The SMILES string of the molecule is Cc1ccc(C(=O)Nc2cccnc2N2CCCCOC2)cc1-c1ccc(C#N)cc1. The highest BCUT2D eigenvalue weighted by molar-refractivity contribution is 6.06. The van der Waals surface area contributed by atoms with Crippen LogP contribution in [0, 0.1) is 18.3 Å². The third kappa shape index (κ3) is 4.73. The van der Waals surface area contributed by atoms with Crippen LogP contribution in [0.15, 0.2) is 60.8 Å². The van der Waals surface area contributed by atoms with Gasteiger partial charge in [-0.3, -0.25) is 4.79 Å². The molecule has 0 aliphatic carbocycles. The second kappa shape index (κ2) is 9.41. The van der Waals surface area contributed by atoms with Gasteiger partial charge in [-0.15, -0.1) is 0 Å². The zero-order chi connectivity index (χ0) is 21.6. The van der Waals surface area contributed by atoms with Gasteiger partial charge in [0.15, 0.2) is 5.82 Å². The van der Waals surface area contributed by atoms with Crippen molar-refractivity contribution in [3.05, 3.63) is 77.5 Å². The van der Waals surface area contributed by atoms with Crippen molar-refractivity contribution in [2.45, 2.75) is 19.8 Å². The van der Waals surface area contributed by atoms with Gasteiger partial charge >= 0.3 is 0 Å². The molecule has 3 aromatic rings. The van der Waals surface area contributed by atoms with Gasteiger partial charge in [-0.25, -0.2) is 4.98 Å². The number of hydrogen-bond acceptors (Lipinski definition) is 5. The Bertz CT molecular complexity index is 1110. The Morgan fingerprint density at radius 1 is 1.16 bits per heavy atom. The number of carbonyl (C=O) groups is 1. The molecule has 0 unspecified atom stereocenters. The quantitative estimate of drug-likeness (QED) is 0.669. The topological polar surface area (TPSA) is 78.2 Å². The number of benzene rings is 2. The number of nitrogens with zero attached hydrogens (tertiary/aromatic N) is 3. The number of nitriles is 1. The van der Waals surface area contributed by atoms with E-state index in [2.05, 4.69) is 21.3 Å².